The number of aromatic nitrogens is 3. The molecule has 1 aromatic rings. The van der Waals surface area contributed by atoms with E-state index in [-0.39, 0.29) is 0 Å². The molecule has 0 fully saturated rings. The summed E-state index contributed by atoms with van der Waals surface area (Å²) in [4.78, 5) is 0. The summed E-state index contributed by atoms with van der Waals surface area (Å²) >= 11 is 0. The Balaban J connectivity index is 2.08. The third-order valence-electron chi connectivity index (χ3n) is 1.48. The second-order valence-electron chi connectivity index (χ2n) is 2.48. The van der Waals surface area contributed by atoms with Gasteiger partial charge in [0, 0.05) is 12.3 Å². The number of nitrogens with one attached hydrogen (secondary N) is 1. The molecule has 0 atom stereocenters. The molecule has 1 aromatic heterocycles. The van der Waals surface area contributed by atoms with Gasteiger partial charge in [-0.15, -0.1) is 5.10 Å². The molecular formula is C9H8N4O. The average molecular weight is 188 g/mol. The Hall–Kier alpha value is -2.17. The summed E-state index contributed by atoms with van der Waals surface area (Å²) in [5, 5.41) is 13.6. The van der Waals surface area contributed by atoms with Crippen LogP contribution >= 0.6 is 0 Å². The van der Waals surface area contributed by atoms with Crippen molar-refractivity contribution >= 4 is 0 Å². The Labute approximate surface area is 80.8 Å². The Morgan fingerprint density at radius 1 is 1.21 bits per heavy atom. The van der Waals surface area contributed by atoms with E-state index < -0.39 is 0 Å². The summed E-state index contributed by atoms with van der Waals surface area (Å²) in [5.74, 6) is 0.998. The maximum Gasteiger partial charge on any atom is 0.244 e. The van der Waals surface area contributed by atoms with Gasteiger partial charge >= 0.3 is 0 Å². The molecule has 14 heavy (non-hydrogen) atoms. The molecule has 2 rings (SSSR count). The number of allylic oxidation sites excluding steroid dienone is 4. The van der Waals surface area contributed by atoms with E-state index in [1.54, 1.807) is 18.3 Å². The standard InChI is InChI=1S/C9H8N4O/c1-2-4-8(10-6-3-1)14-9-5-7-11-13-12-9/h1-7,10H. The van der Waals surface area contributed by atoms with Crippen molar-refractivity contribution in [3.63, 3.8) is 0 Å². The molecule has 1 N–H and O–H groups in total. The molecule has 2 heterocycles. The second-order valence-corrected chi connectivity index (χ2v) is 2.48. The molecule has 1 aliphatic heterocycles. The molecule has 0 aromatic carbocycles. The molecule has 0 unspecified atom stereocenters. The molecule has 0 aliphatic carbocycles. The summed E-state index contributed by atoms with van der Waals surface area (Å²) in [5.41, 5.74) is 0. The summed E-state index contributed by atoms with van der Waals surface area (Å²) in [6.45, 7) is 0. The first kappa shape index (κ1) is 8.43. The topological polar surface area (TPSA) is 59.9 Å². The van der Waals surface area contributed by atoms with Crippen molar-refractivity contribution in [3.05, 3.63) is 48.7 Å². The number of hydrogen-bond acceptors (Lipinski definition) is 5. The van der Waals surface area contributed by atoms with Gasteiger partial charge in [-0.25, -0.2) is 0 Å². The minimum atomic E-state index is 0.405. The van der Waals surface area contributed by atoms with Crippen LogP contribution in [0.15, 0.2) is 48.7 Å². The SMILES string of the molecule is C1=CC=C(Oc2ccnnn2)NC=C1. The van der Waals surface area contributed by atoms with Gasteiger partial charge in [-0.1, -0.05) is 17.3 Å². The van der Waals surface area contributed by atoms with Gasteiger partial charge in [0.1, 0.15) is 0 Å². The average Bonchev–Trinajstić information content (AvgIpc) is 2.48. The molecule has 1 aliphatic rings. The monoisotopic (exact) mass is 188 g/mol. The molecule has 70 valence electrons. The smallest absolute Gasteiger partial charge is 0.244 e. The van der Waals surface area contributed by atoms with Gasteiger partial charge in [-0.3, -0.25) is 0 Å². The Morgan fingerprint density at radius 3 is 3.07 bits per heavy atom. The van der Waals surface area contributed by atoms with Gasteiger partial charge in [0.15, 0.2) is 5.88 Å². The summed E-state index contributed by atoms with van der Waals surface area (Å²) < 4.78 is 5.37. The zero-order valence-corrected chi connectivity index (χ0v) is 7.29. The highest BCUT2D eigenvalue weighted by atomic mass is 16.5. The summed E-state index contributed by atoms with van der Waals surface area (Å²) in [6, 6.07) is 1.63. The first-order valence-electron chi connectivity index (χ1n) is 4.07. The van der Waals surface area contributed by atoms with Crippen LogP contribution < -0.4 is 10.1 Å². The van der Waals surface area contributed by atoms with Crippen molar-refractivity contribution in [3.8, 4) is 5.88 Å². The fourth-order valence-electron chi connectivity index (χ4n) is 0.902. The summed E-state index contributed by atoms with van der Waals surface area (Å²) in [7, 11) is 0. The van der Waals surface area contributed by atoms with Gasteiger partial charge in [-0.05, 0) is 17.4 Å². The van der Waals surface area contributed by atoms with E-state index in [9.17, 15) is 0 Å². The van der Waals surface area contributed by atoms with Crippen molar-refractivity contribution in [2.45, 2.75) is 0 Å². The Kier molecular flexibility index (Phi) is 2.51. The number of hydrogen-bond donors (Lipinski definition) is 1. The lowest BCUT2D eigenvalue weighted by atomic mass is 10.5. The van der Waals surface area contributed by atoms with Crippen LogP contribution in [-0.2, 0) is 0 Å². The maximum absolute atomic E-state index is 5.37. The first-order valence-corrected chi connectivity index (χ1v) is 4.07. The molecule has 0 spiro atoms. The van der Waals surface area contributed by atoms with Gasteiger partial charge < -0.3 is 10.1 Å². The van der Waals surface area contributed by atoms with E-state index in [0.29, 0.717) is 11.8 Å². The minimum absolute atomic E-state index is 0.405. The Morgan fingerprint density at radius 2 is 2.21 bits per heavy atom. The molecule has 5 nitrogen and oxygen atoms in total. The van der Waals surface area contributed by atoms with Crippen LogP contribution in [0.25, 0.3) is 0 Å². The highest BCUT2D eigenvalue weighted by Gasteiger charge is 1.99. The predicted molar refractivity (Wildman–Crippen MR) is 50.0 cm³/mol. The van der Waals surface area contributed by atoms with Crippen LogP contribution in [0.4, 0.5) is 0 Å². The minimum Gasteiger partial charge on any atom is -0.421 e. The third kappa shape index (κ3) is 2.16. The van der Waals surface area contributed by atoms with Crippen LogP contribution in [0.1, 0.15) is 0 Å². The van der Waals surface area contributed by atoms with Crippen LogP contribution in [0.5, 0.6) is 5.88 Å². The van der Waals surface area contributed by atoms with Crippen LogP contribution in [0.3, 0.4) is 0 Å². The van der Waals surface area contributed by atoms with Crippen molar-refractivity contribution in [1.29, 1.82) is 0 Å². The first-order chi connectivity index (χ1) is 6.95. The fraction of sp³-hybridized carbons (Fsp3) is 0. The molecule has 0 saturated carbocycles. The van der Waals surface area contributed by atoms with Crippen LogP contribution in [-0.4, -0.2) is 15.4 Å². The van der Waals surface area contributed by atoms with Crippen molar-refractivity contribution in [1.82, 2.24) is 20.7 Å². The highest BCUT2D eigenvalue weighted by Crippen LogP contribution is 2.06. The normalized spacial score (nSPS) is 14.1. The highest BCUT2D eigenvalue weighted by molar-refractivity contribution is 5.20. The van der Waals surface area contributed by atoms with Gasteiger partial charge in [-0.2, -0.15) is 0 Å². The van der Waals surface area contributed by atoms with Gasteiger partial charge in [0.05, 0.1) is 6.20 Å². The number of rotatable bonds is 2. The quantitative estimate of drug-likeness (QED) is 0.742. The molecule has 0 amide bonds. The van der Waals surface area contributed by atoms with E-state index in [1.165, 1.54) is 6.20 Å². The largest absolute Gasteiger partial charge is 0.421 e. The fourth-order valence-corrected chi connectivity index (χ4v) is 0.902. The van der Waals surface area contributed by atoms with Crippen molar-refractivity contribution < 1.29 is 4.74 Å². The van der Waals surface area contributed by atoms with Crippen LogP contribution in [0.2, 0.25) is 0 Å². The second kappa shape index (κ2) is 4.18. The van der Waals surface area contributed by atoms with E-state index in [2.05, 4.69) is 20.7 Å². The number of nitrogens with zero attached hydrogens (tertiary/aromatic N) is 3. The Bertz CT molecular complexity index is 383. The lowest BCUT2D eigenvalue weighted by molar-refractivity contribution is 0.376. The predicted octanol–water partition coefficient (Wildman–Crippen LogP) is 0.765. The van der Waals surface area contributed by atoms with Crippen molar-refractivity contribution in [2.24, 2.45) is 0 Å². The zero-order chi connectivity index (χ0) is 9.64. The van der Waals surface area contributed by atoms with E-state index in [0.717, 1.165) is 0 Å². The van der Waals surface area contributed by atoms with Gasteiger partial charge in [0.2, 0.25) is 5.88 Å². The summed E-state index contributed by atoms with van der Waals surface area (Å²) in [6.07, 6.45) is 10.7. The van der Waals surface area contributed by atoms with E-state index >= 15 is 0 Å². The number of ether oxygens (including phenoxy) is 1. The van der Waals surface area contributed by atoms with E-state index in [1.807, 2.05) is 18.2 Å². The van der Waals surface area contributed by atoms with Gasteiger partial charge in [0.25, 0.3) is 0 Å². The molecular weight excluding hydrogens is 180 g/mol. The molecule has 0 saturated heterocycles. The van der Waals surface area contributed by atoms with Crippen LogP contribution in [0, 0.1) is 0 Å². The molecule has 5 heteroatoms. The lowest BCUT2D eigenvalue weighted by Crippen LogP contribution is -2.11. The van der Waals surface area contributed by atoms with E-state index in [4.69, 9.17) is 4.74 Å². The maximum atomic E-state index is 5.37. The molecule has 0 radical (unpaired) electrons. The van der Waals surface area contributed by atoms with Crippen molar-refractivity contribution in [2.75, 3.05) is 0 Å². The zero-order valence-electron chi connectivity index (χ0n) is 7.29. The third-order valence-corrected chi connectivity index (χ3v) is 1.48. The lowest BCUT2D eigenvalue weighted by Gasteiger charge is -2.05. The molecule has 0 bridgehead atoms.